The number of hydrogen-bond donors (Lipinski definition) is 3. The van der Waals surface area contributed by atoms with Crippen molar-refractivity contribution in [1.29, 1.82) is 5.26 Å². The number of ether oxygens (including phenoxy) is 1. The molecule has 4 atom stereocenters. The number of hydrogen-bond acceptors (Lipinski definition) is 7. The number of nitrogens with one attached hydrogen (secondary N) is 3. The number of benzene rings is 1. The molecule has 1 aromatic carbocycles. The smallest absolute Gasteiger partial charge is 0.326 e. The third-order valence-corrected chi connectivity index (χ3v) is 11.4. The van der Waals surface area contributed by atoms with E-state index in [0.717, 1.165) is 68.5 Å². The van der Waals surface area contributed by atoms with E-state index in [1.807, 2.05) is 30.0 Å². The fourth-order valence-corrected chi connectivity index (χ4v) is 9.00. The van der Waals surface area contributed by atoms with Gasteiger partial charge in [-0.3, -0.25) is 14.5 Å². The zero-order chi connectivity index (χ0) is 31.1. The first-order valence-corrected chi connectivity index (χ1v) is 17.5. The number of rotatable bonds is 7. The molecule has 1 aromatic rings. The number of carbonyl (C=O) groups excluding carboxylic acids is 3. The van der Waals surface area contributed by atoms with Gasteiger partial charge in [-0.1, -0.05) is 24.3 Å². The Balaban J connectivity index is 1.05. The van der Waals surface area contributed by atoms with Crippen molar-refractivity contribution >= 4 is 35.3 Å². The Labute approximate surface area is 269 Å². The van der Waals surface area contributed by atoms with Crippen molar-refractivity contribution in [3.63, 3.8) is 0 Å². The van der Waals surface area contributed by atoms with E-state index < -0.39 is 0 Å². The van der Waals surface area contributed by atoms with Gasteiger partial charge in [0.05, 0.1) is 22.4 Å². The summed E-state index contributed by atoms with van der Waals surface area (Å²) in [4.78, 5) is 44.6. The molecule has 3 unspecified atom stereocenters. The number of nitrogens with zero attached hydrogens (tertiary/aromatic N) is 3. The zero-order valence-corrected chi connectivity index (χ0v) is 26.7. The topological polar surface area (TPSA) is 127 Å². The summed E-state index contributed by atoms with van der Waals surface area (Å²) in [5.74, 6) is 0.679. The van der Waals surface area contributed by atoms with Gasteiger partial charge in [0, 0.05) is 36.4 Å². The molecular formula is C34H42N6O4S. The summed E-state index contributed by atoms with van der Waals surface area (Å²) in [7, 11) is 0. The molecule has 6 aliphatic rings. The normalized spacial score (nSPS) is 28.7. The van der Waals surface area contributed by atoms with Crippen molar-refractivity contribution in [2.24, 2.45) is 11.8 Å². The molecular weight excluding hydrogens is 588 g/mol. The van der Waals surface area contributed by atoms with E-state index >= 15 is 0 Å². The molecule has 4 heterocycles. The highest BCUT2D eigenvalue weighted by atomic mass is 32.2. The molecule has 238 valence electrons. The standard InChI is InChI=1S/C34H42N6O4S/c1-20-16-25(44-24-7-3-2-4-8-24)11-12-26(20)40-27-13-14-36-32-28(27)29(38-34(40)43)30(45-32)31(41)37-23-6-5-15-39(19-23)33(42)22(18-35)17-21-9-10-21/h11-12,16-17,21,23-24,27-28,32,36H,2-10,13-15,19H2,1H3,(H,37,41)(H,38,43)/b22-17+/t23-,27?,28?,32?/m1/s1. The highest BCUT2D eigenvalue weighted by molar-refractivity contribution is 8.04. The Morgan fingerprint density at radius 1 is 1.11 bits per heavy atom. The molecule has 0 bridgehead atoms. The number of anilines is 1. The number of amides is 4. The zero-order valence-electron chi connectivity index (χ0n) is 25.8. The number of aryl methyl sites for hydroxylation is 1. The number of piperidine rings is 2. The van der Waals surface area contributed by atoms with Crippen LogP contribution in [0.1, 0.15) is 69.8 Å². The molecule has 2 saturated carbocycles. The van der Waals surface area contributed by atoms with Gasteiger partial charge in [0.15, 0.2) is 0 Å². The van der Waals surface area contributed by atoms with Crippen LogP contribution in [-0.4, -0.2) is 65.9 Å². The second-order valence-electron chi connectivity index (χ2n) is 13.3. The lowest BCUT2D eigenvalue weighted by atomic mass is 9.86. The lowest BCUT2D eigenvalue weighted by Crippen LogP contribution is -2.62. The van der Waals surface area contributed by atoms with Crippen LogP contribution in [0.2, 0.25) is 0 Å². The molecule has 0 spiro atoms. The van der Waals surface area contributed by atoms with Crippen LogP contribution in [0.4, 0.5) is 10.5 Å². The van der Waals surface area contributed by atoms with E-state index in [-0.39, 0.29) is 52.9 Å². The van der Waals surface area contributed by atoms with Crippen molar-refractivity contribution in [3.05, 3.63) is 46.0 Å². The van der Waals surface area contributed by atoms with Gasteiger partial charge in [-0.2, -0.15) is 5.26 Å². The van der Waals surface area contributed by atoms with Crippen LogP contribution in [0.25, 0.3) is 0 Å². The monoisotopic (exact) mass is 630 g/mol. The minimum Gasteiger partial charge on any atom is -0.490 e. The Bertz CT molecular complexity index is 1480. The third kappa shape index (κ3) is 6.19. The van der Waals surface area contributed by atoms with E-state index in [0.29, 0.717) is 29.6 Å². The average Bonchev–Trinajstić information content (AvgIpc) is 3.80. The van der Waals surface area contributed by atoms with Crippen LogP contribution < -0.4 is 25.6 Å². The fraction of sp³-hybridized carbons (Fsp3) is 0.588. The molecule has 10 nitrogen and oxygen atoms in total. The third-order valence-electron chi connectivity index (χ3n) is 10.0. The predicted molar refractivity (Wildman–Crippen MR) is 172 cm³/mol. The first kappa shape index (κ1) is 30.2. The molecule has 0 aromatic heterocycles. The van der Waals surface area contributed by atoms with Gasteiger partial charge >= 0.3 is 6.03 Å². The second-order valence-corrected chi connectivity index (χ2v) is 14.5. The first-order chi connectivity index (χ1) is 21.9. The van der Waals surface area contributed by atoms with Crippen LogP contribution in [0.15, 0.2) is 40.5 Å². The van der Waals surface area contributed by atoms with E-state index in [2.05, 4.69) is 22.0 Å². The second kappa shape index (κ2) is 12.7. The molecule has 11 heteroatoms. The minimum atomic E-state index is -0.248. The Kier molecular flexibility index (Phi) is 8.53. The van der Waals surface area contributed by atoms with E-state index in [1.54, 1.807) is 11.0 Å². The Morgan fingerprint density at radius 2 is 1.93 bits per heavy atom. The van der Waals surface area contributed by atoms with Gasteiger partial charge in [-0.25, -0.2) is 4.79 Å². The molecule has 4 aliphatic heterocycles. The first-order valence-electron chi connectivity index (χ1n) is 16.6. The molecule has 4 amide bonds. The summed E-state index contributed by atoms with van der Waals surface area (Å²) in [6, 6.07) is 7.60. The summed E-state index contributed by atoms with van der Waals surface area (Å²) < 4.78 is 6.29. The van der Waals surface area contributed by atoms with E-state index in [4.69, 9.17) is 4.74 Å². The van der Waals surface area contributed by atoms with Gasteiger partial charge in [0.25, 0.3) is 11.8 Å². The molecule has 45 heavy (non-hydrogen) atoms. The van der Waals surface area contributed by atoms with Crippen LogP contribution >= 0.6 is 11.8 Å². The van der Waals surface area contributed by atoms with Crippen molar-refractivity contribution < 1.29 is 19.1 Å². The molecule has 0 radical (unpaired) electrons. The van der Waals surface area contributed by atoms with Gasteiger partial charge < -0.3 is 25.6 Å². The molecule has 7 rings (SSSR count). The summed E-state index contributed by atoms with van der Waals surface area (Å²) >= 11 is 1.48. The van der Waals surface area contributed by atoms with Crippen molar-refractivity contribution in [1.82, 2.24) is 20.9 Å². The summed E-state index contributed by atoms with van der Waals surface area (Å²) in [5, 5.41) is 19.4. The van der Waals surface area contributed by atoms with Crippen molar-refractivity contribution in [3.8, 4) is 11.8 Å². The highest BCUT2D eigenvalue weighted by Gasteiger charge is 2.52. The van der Waals surface area contributed by atoms with Crippen LogP contribution in [0.3, 0.4) is 0 Å². The van der Waals surface area contributed by atoms with Gasteiger partial charge in [0.2, 0.25) is 0 Å². The number of allylic oxidation sites excluding steroid dienone is 1. The lowest BCUT2D eigenvalue weighted by Gasteiger charge is -2.46. The quantitative estimate of drug-likeness (QED) is 0.300. The predicted octanol–water partition coefficient (Wildman–Crippen LogP) is 4.47. The maximum atomic E-state index is 13.8. The molecule has 2 aliphatic carbocycles. The number of nitriles is 1. The number of likely N-dealkylation sites (tertiary alicyclic amines) is 1. The van der Waals surface area contributed by atoms with E-state index in [1.165, 1.54) is 31.0 Å². The Morgan fingerprint density at radius 3 is 2.69 bits per heavy atom. The SMILES string of the molecule is Cc1cc(OC2CCCCC2)ccc1N1C(=O)NC2=C(C(=O)N[C@@H]3CCCN(C(=O)/C(C#N)=C/C4CC4)C3)SC3NCCC1C23. The van der Waals surface area contributed by atoms with Crippen LogP contribution in [0, 0.1) is 30.1 Å². The van der Waals surface area contributed by atoms with Crippen molar-refractivity contribution in [2.45, 2.75) is 94.7 Å². The van der Waals surface area contributed by atoms with Crippen LogP contribution in [0.5, 0.6) is 5.75 Å². The molecule has 3 saturated heterocycles. The van der Waals surface area contributed by atoms with Gasteiger partial charge in [-0.05, 0) is 101 Å². The van der Waals surface area contributed by atoms with Gasteiger partial charge in [-0.15, -0.1) is 0 Å². The number of urea groups is 1. The minimum absolute atomic E-state index is 0.0213. The average molecular weight is 631 g/mol. The number of thioether (sulfide) groups is 1. The summed E-state index contributed by atoms with van der Waals surface area (Å²) in [5.41, 5.74) is 2.76. The van der Waals surface area contributed by atoms with Gasteiger partial charge in [0.1, 0.15) is 17.4 Å². The summed E-state index contributed by atoms with van der Waals surface area (Å²) in [6.45, 7) is 3.73. The lowest BCUT2D eigenvalue weighted by molar-refractivity contribution is -0.129. The highest BCUT2D eigenvalue weighted by Crippen LogP contribution is 2.48. The van der Waals surface area contributed by atoms with Crippen molar-refractivity contribution in [2.75, 3.05) is 24.5 Å². The largest absolute Gasteiger partial charge is 0.490 e. The van der Waals surface area contributed by atoms with E-state index in [9.17, 15) is 19.6 Å². The number of carbonyl (C=O) groups is 3. The fourth-order valence-electron chi connectivity index (χ4n) is 7.60. The molecule has 3 N–H and O–H groups in total. The maximum absolute atomic E-state index is 13.8. The molecule has 5 fully saturated rings. The van der Waals surface area contributed by atoms with Crippen LogP contribution in [-0.2, 0) is 9.59 Å². The Hall–Kier alpha value is -3.49. The summed E-state index contributed by atoms with van der Waals surface area (Å²) in [6.07, 6.45) is 12.3. The maximum Gasteiger partial charge on any atom is 0.326 e.